The molecule has 1 unspecified atom stereocenters. The lowest BCUT2D eigenvalue weighted by Gasteiger charge is -2.37. The van der Waals surface area contributed by atoms with Crippen molar-refractivity contribution in [2.75, 3.05) is 13.2 Å². The molecule has 4 heteroatoms. The summed E-state index contributed by atoms with van der Waals surface area (Å²) >= 11 is 1.77. The van der Waals surface area contributed by atoms with E-state index in [1.807, 2.05) is 0 Å². The maximum atomic E-state index is 6.19. The van der Waals surface area contributed by atoms with E-state index in [9.17, 15) is 0 Å². The molecule has 1 aromatic heterocycles. The highest BCUT2D eigenvalue weighted by Crippen LogP contribution is 2.43. The van der Waals surface area contributed by atoms with Crippen LogP contribution in [0.25, 0.3) is 0 Å². The molecule has 0 saturated heterocycles. The number of rotatable bonds is 6. The van der Waals surface area contributed by atoms with Gasteiger partial charge in [-0.1, -0.05) is 13.8 Å². The fourth-order valence-corrected chi connectivity index (χ4v) is 4.15. The van der Waals surface area contributed by atoms with Crippen LogP contribution in [0.1, 0.15) is 70.1 Å². The van der Waals surface area contributed by atoms with Crippen LogP contribution >= 0.6 is 11.3 Å². The number of ether oxygens (including phenoxy) is 1. The van der Waals surface area contributed by atoms with Crippen LogP contribution in [0.15, 0.2) is 5.38 Å². The minimum absolute atomic E-state index is 0.115. The Kier molecular flexibility index (Phi) is 5.58. The molecule has 1 fully saturated rings. The second kappa shape index (κ2) is 7.01. The molecule has 2 rings (SSSR count). The van der Waals surface area contributed by atoms with Crippen molar-refractivity contribution < 1.29 is 4.74 Å². The molecule has 1 N–H and O–H groups in total. The number of thiazole rings is 1. The summed E-state index contributed by atoms with van der Waals surface area (Å²) in [6, 6.07) is 0.325. The minimum atomic E-state index is -0.115. The maximum absolute atomic E-state index is 6.19. The van der Waals surface area contributed by atoms with Gasteiger partial charge in [0.15, 0.2) is 0 Å². The zero-order valence-electron chi connectivity index (χ0n) is 13.2. The van der Waals surface area contributed by atoms with E-state index in [2.05, 4.69) is 38.4 Å². The monoisotopic (exact) mass is 296 g/mol. The number of nitrogens with one attached hydrogen (secondary N) is 1. The van der Waals surface area contributed by atoms with Gasteiger partial charge in [-0.15, -0.1) is 11.3 Å². The zero-order chi connectivity index (χ0) is 14.6. The number of hydrogen-bond acceptors (Lipinski definition) is 4. The molecular weight excluding hydrogens is 268 g/mol. The van der Waals surface area contributed by atoms with Gasteiger partial charge in [-0.3, -0.25) is 0 Å². The Morgan fingerprint density at radius 3 is 2.75 bits per heavy atom. The molecule has 1 atom stereocenters. The largest absolute Gasteiger partial charge is 0.368 e. The van der Waals surface area contributed by atoms with Gasteiger partial charge in [0.25, 0.3) is 0 Å². The van der Waals surface area contributed by atoms with Crippen LogP contribution in [0.4, 0.5) is 0 Å². The normalized spacial score (nSPS) is 28.5. The molecule has 20 heavy (non-hydrogen) atoms. The van der Waals surface area contributed by atoms with Gasteiger partial charge in [0, 0.05) is 18.0 Å². The Labute approximate surface area is 127 Å². The molecule has 0 spiro atoms. The Morgan fingerprint density at radius 2 is 2.15 bits per heavy atom. The lowest BCUT2D eigenvalue weighted by molar-refractivity contribution is -0.0777. The maximum Gasteiger partial charge on any atom is 0.125 e. The summed E-state index contributed by atoms with van der Waals surface area (Å²) in [6.07, 6.45) is 4.73. The Bertz CT molecular complexity index is 410. The molecule has 0 bridgehead atoms. The second-order valence-corrected chi connectivity index (χ2v) is 6.82. The SMILES string of the molecule is CCNC(C)c1csc(C2(OCC)CCC(C)CC2)n1. The average molecular weight is 296 g/mol. The van der Waals surface area contributed by atoms with Gasteiger partial charge in [0.2, 0.25) is 0 Å². The third kappa shape index (κ3) is 3.41. The zero-order valence-corrected chi connectivity index (χ0v) is 14.1. The fraction of sp³-hybridized carbons (Fsp3) is 0.812. The minimum Gasteiger partial charge on any atom is -0.368 e. The van der Waals surface area contributed by atoms with E-state index in [-0.39, 0.29) is 5.60 Å². The molecule has 0 amide bonds. The molecule has 1 heterocycles. The van der Waals surface area contributed by atoms with Gasteiger partial charge in [0.05, 0.1) is 5.69 Å². The lowest BCUT2D eigenvalue weighted by Crippen LogP contribution is -2.34. The van der Waals surface area contributed by atoms with E-state index in [4.69, 9.17) is 9.72 Å². The van der Waals surface area contributed by atoms with Gasteiger partial charge in [-0.2, -0.15) is 0 Å². The summed E-state index contributed by atoms with van der Waals surface area (Å²) in [4.78, 5) is 4.90. The van der Waals surface area contributed by atoms with E-state index in [1.165, 1.54) is 17.8 Å². The predicted octanol–water partition coefficient (Wildman–Crippen LogP) is 4.26. The summed E-state index contributed by atoms with van der Waals surface area (Å²) in [5, 5.41) is 6.81. The molecule has 0 aromatic carbocycles. The third-order valence-corrected chi connectivity index (χ3v) is 5.41. The van der Waals surface area contributed by atoms with Crippen LogP contribution in [0.2, 0.25) is 0 Å². The van der Waals surface area contributed by atoms with Crippen molar-refractivity contribution in [1.82, 2.24) is 10.3 Å². The molecule has 1 aromatic rings. The predicted molar refractivity (Wildman–Crippen MR) is 85.1 cm³/mol. The number of hydrogen-bond donors (Lipinski definition) is 1. The molecule has 0 aliphatic heterocycles. The summed E-state index contributed by atoms with van der Waals surface area (Å²) in [5.74, 6) is 0.823. The quantitative estimate of drug-likeness (QED) is 0.852. The first-order valence-corrected chi connectivity index (χ1v) is 8.82. The lowest BCUT2D eigenvalue weighted by atomic mass is 9.79. The topological polar surface area (TPSA) is 34.1 Å². The Hall–Kier alpha value is -0.450. The summed E-state index contributed by atoms with van der Waals surface area (Å²) < 4.78 is 6.19. The van der Waals surface area contributed by atoms with Gasteiger partial charge in [0.1, 0.15) is 10.6 Å². The van der Waals surface area contributed by atoms with Crippen LogP contribution in [0, 0.1) is 5.92 Å². The Morgan fingerprint density at radius 1 is 1.45 bits per heavy atom. The number of aromatic nitrogens is 1. The van der Waals surface area contributed by atoms with Crippen LogP contribution in [-0.4, -0.2) is 18.1 Å². The summed E-state index contributed by atoms with van der Waals surface area (Å²) in [5.41, 5.74) is 1.04. The first-order chi connectivity index (χ1) is 9.61. The molecule has 0 radical (unpaired) electrons. The van der Waals surface area contributed by atoms with Crippen molar-refractivity contribution in [3.63, 3.8) is 0 Å². The summed E-state index contributed by atoms with van der Waals surface area (Å²) in [7, 11) is 0. The van der Waals surface area contributed by atoms with E-state index < -0.39 is 0 Å². The smallest absolute Gasteiger partial charge is 0.125 e. The van der Waals surface area contributed by atoms with Crippen molar-refractivity contribution in [2.45, 2.75) is 65.0 Å². The van der Waals surface area contributed by atoms with Gasteiger partial charge < -0.3 is 10.1 Å². The Balaban J connectivity index is 2.17. The summed E-state index contributed by atoms with van der Waals surface area (Å²) in [6.45, 7) is 10.5. The van der Waals surface area contributed by atoms with Crippen molar-refractivity contribution in [2.24, 2.45) is 5.92 Å². The first-order valence-electron chi connectivity index (χ1n) is 7.94. The van der Waals surface area contributed by atoms with E-state index >= 15 is 0 Å². The molecule has 1 saturated carbocycles. The third-order valence-electron chi connectivity index (χ3n) is 4.37. The highest BCUT2D eigenvalue weighted by Gasteiger charge is 2.39. The molecular formula is C16H28N2OS. The van der Waals surface area contributed by atoms with Crippen LogP contribution in [-0.2, 0) is 10.3 Å². The van der Waals surface area contributed by atoms with E-state index in [1.54, 1.807) is 11.3 Å². The number of nitrogens with zero attached hydrogens (tertiary/aromatic N) is 1. The van der Waals surface area contributed by atoms with Gasteiger partial charge in [-0.05, 0) is 52.0 Å². The molecule has 1 aliphatic carbocycles. The van der Waals surface area contributed by atoms with Gasteiger partial charge >= 0.3 is 0 Å². The van der Waals surface area contributed by atoms with E-state index in [0.29, 0.717) is 6.04 Å². The molecule has 114 valence electrons. The molecule has 3 nitrogen and oxygen atoms in total. The average Bonchev–Trinajstić information content (AvgIpc) is 2.92. The second-order valence-electron chi connectivity index (χ2n) is 5.97. The van der Waals surface area contributed by atoms with Crippen molar-refractivity contribution in [1.29, 1.82) is 0 Å². The van der Waals surface area contributed by atoms with Crippen molar-refractivity contribution >= 4 is 11.3 Å². The van der Waals surface area contributed by atoms with Gasteiger partial charge in [-0.25, -0.2) is 4.98 Å². The fourth-order valence-electron chi connectivity index (χ4n) is 3.03. The van der Waals surface area contributed by atoms with Crippen LogP contribution < -0.4 is 5.32 Å². The highest BCUT2D eigenvalue weighted by molar-refractivity contribution is 7.09. The molecule has 1 aliphatic rings. The van der Waals surface area contributed by atoms with E-state index in [0.717, 1.165) is 37.6 Å². The highest BCUT2D eigenvalue weighted by atomic mass is 32.1. The first kappa shape index (κ1) is 15.9. The van der Waals surface area contributed by atoms with Crippen LogP contribution in [0.5, 0.6) is 0 Å². The van der Waals surface area contributed by atoms with Crippen LogP contribution in [0.3, 0.4) is 0 Å². The standard InChI is InChI=1S/C16H28N2OS/c1-5-17-13(4)14-11-20-15(18-14)16(19-6-2)9-7-12(3)8-10-16/h11-13,17H,5-10H2,1-4H3. The van der Waals surface area contributed by atoms with Crippen molar-refractivity contribution in [3.05, 3.63) is 16.1 Å². The van der Waals surface area contributed by atoms with Crippen molar-refractivity contribution in [3.8, 4) is 0 Å².